The summed E-state index contributed by atoms with van der Waals surface area (Å²) in [4.78, 5) is 25.4. The number of carbonyl (C=O) groups is 2. The van der Waals surface area contributed by atoms with Gasteiger partial charge in [-0.3, -0.25) is 9.59 Å². The first-order valence-corrected chi connectivity index (χ1v) is 25.4. The lowest BCUT2D eigenvalue weighted by molar-refractivity contribution is -0.163. The maximum Gasteiger partial charge on any atom is 0.306 e. The number of hydrogen-bond acceptors (Lipinski definition) is 5. The van der Waals surface area contributed by atoms with Gasteiger partial charge in [-0.25, -0.2) is 0 Å². The monoisotopic (exact) mass is 859 g/mol. The van der Waals surface area contributed by atoms with Crippen molar-refractivity contribution in [2.45, 2.75) is 219 Å². The third-order valence-electron chi connectivity index (χ3n) is 10.3. The molecule has 1 unspecified atom stereocenters. The highest BCUT2D eigenvalue weighted by Gasteiger charge is 2.17. The van der Waals surface area contributed by atoms with Crippen LogP contribution in [-0.2, 0) is 23.8 Å². The van der Waals surface area contributed by atoms with E-state index in [1.807, 2.05) is 0 Å². The molecule has 0 radical (unpaired) electrons. The normalized spacial score (nSPS) is 13.1. The molecule has 0 aromatic carbocycles. The fourth-order valence-corrected chi connectivity index (χ4v) is 6.55. The molecule has 1 atom stereocenters. The van der Waals surface area contributed by atoms with Crippen LogP contribution in [0.5, 0.6) is 0 Å². The Labute approximate surface area is 383 Å². The fraction of sp³-hybridized carbons (Fsp3) is 0.649. The highest BCUT2D eigenvalue weighted by atomic mass is 16.6. The molecule has 0 N–H and O–H groups in total. The highest BCUT2D eigenvalue weighted by Crippen LogP contribution is 2.12. The average Bonchev–Trinajstić information content (AvgIpc) is 3.27. The molecular formula is C57H94O5. The number of hydrogen-bond donors (Lipinski definition) is 0. The van der Waals surface area contributed by atoms with Gasteiger partial charge in [0.25, 0.3) is 0 Å². The van der Waals surface area contributed by atoms with Crippen molar-refractivity contribution in [3.63, 3.8) is 0 Å². The molecule has 352 valence electrons. The lowest BCUT2D eigenvalue weighted by atomic mass is 10.1. The smallest absolute Gasteiger partial charge is 0.306 e. The first kappa shape index (κ1) is 58.6. The second kappa shape index (κ2) is 51.9. The van der Waals surface area contributed by atoms with E-state index in [4.69, 9.17) is 14.2 Å². The quantitative estimate of drug-likeness (QED) is 0.0347. The van der Waals surface area contributed by atoms with Gasteiger partial charge < -0.3 is 14.2 Å². The first-order valence-electron chi connectivity index (χ1n) is 25.4. The standard InChI is InChI=1S/C57H94O5/c1-4-7-10-13-16-19-22-25-28-29-31-32-35-38-41-44-47-50-56(58)61-54-55(53-60-52-49-46-43-40-37-34-27-24-21-18-15-12-9-6-3)62-57(59)51-48-45-42-39-36-33-30-26-23-20-17-14-11-8-5-2/h7-8,10-11,16-17,19-21,24-26,28,30-32,38,41,55H,4-6,9,12-15,18,22-23,27,29,33-37,39-40,42-54H2,1-3H3/b10-7-,11-8-,19-16-,20-17-,24-21-,28-25-,30-26-,32-31-,41-38-. The van der Waals surface area contributed by atoms with E-state index in [0.29, 0.717) is 19.4 Å². The summed E-state index contributed by atoms with van der Waals surface area (Å²) in [6.07, 6.45) is 71.0. The summed E-state index contributed by atoms with van der Waals surface area (Å²) in [7, 11) is 0. The average molecular weight is 859 g/mol. The lowest BCUT2D eigenvalue weighted by Gasteiger charge is -2.18. The van der Waals surface area contributed by atoms with Gasteiger partial charge in [0.05, 0.1) is 6.61 Å². The minimum Gasteiger partial charge on any atom is -0.462 e. The van der Waals surface area contributed by atoms with Gasteiger partial charge in [-0.2, -0.15) is 0 Å². The Hall–Kier alpha value is -3.44. The molecule has 5 heteroatoms. The summed E-state index contributed by atoms with van der Waals surface area (Å²) in [5.41, 5.74) is 0. The van der Waals surface area contributed by atoms with Crippen LogP contribution in [0.1, 0.15) is 213 Å². The minimum absolute atomic E-state index is 0.0403. The summed E-state index contributed by atoms with van der Waals surface area (Å²) in [5.74, 6) is -0.493. The van der Waals surface area contributed by atoms with E-state index in [1.165, 1.54) is 77.0 Å². The van der Waals surface area contributed by atoms with Gasteiger partial charge >= 0.3 is 11.9 Å². The predicted octanol–water partition coefficient (Wildman–Crippen LogP) is 17.2. The van der Waals surface area contributed by atoms with Gasteiger partial charge in [0.15, 0.2) is 6.10 Å². The molecule has 0 rings (SSSR count). The second-order valence-electron chi connectivity index (χ2n) is 16.3. The van der Waals surface area contributed by atoms with Crippen molar-refractivity contribution in [1.29, 1.82) is 0 Å². The number of unbranched alkanes of at least 4 members (excludes halogenated alkanes) is 16. The molecule has 0 saturated heterocycles. The fourth-order valence-electron chi connectivity index (χ4n) is 6.55. The topological polar surface area (TPSA) is 61.8 Å². The van der Waals surface area contributed by atoms with E-state index in [9.17, 15) is 9.59 Å². The van der Waals surface area contributed by atoms with Crippen molar-refractivity contribution in [2.75, 3.05) is 19.8 Å². The van der Waals surface area contributed by atoms with Crippen LogP contribution in [0.4, 0.5) is 0 Å². The van der Waals surface area contributed by atoms with Crippen LogP contribution < -0.4 is 0 Å². The van der Waals surface area contributed by atoms with Gasteiger partial charge in [0.1, 0.15) is 6.61 Å². The van der Waals surface area contributed by atoms with Crippen molar-refractivity contribution in [2.24, 2.45) is 0 Å². The zero-order valence-electron chi connectivity index (χ0n) is 40.3. The molecule has 0 aliphatic carbocycles. The van der Waals surface area contributed by atoms with Crippen LogP contribution in [0.25, 0.3) is 0 Å². The van der Waals surface area contributed by atoms with Gasteiger partial charge in [0, 0.05) is 19.4 Å². The Morgan fingerprint density at radius 2 is 0.742 bits per heavy atom. The summed E-state index contributed by atoms with van der Waals surface area (Å²) in [6, 6.07) is 0. The number of allylic oxidation sites excluding steroid dienone is 18. The Kier molecular flexibility index (Phi) is 49.0. The Balaban J connectivity index is 4.42. The largest absolute Gasteiger partial charge is 0.462 e. The van der Waals surface area contributed by atoms with E-state index in [1.54, 1.807) is 0 Å². The molecule has 0 aliphatic heterocycles. The summed E-state index contributed by atoms with van der Waals surface area (Å²) in [5, 5.41) is 0. The van der Waals surface area contributed by atoms with E-state index in [-0.39, 0.29) is 25.2 Å². The van der Waals surface area contributed by atoms with E-state index >= 15 is 0 Å². The zero-order chi connectivity index (χ0) is 44.9. The third-order valence-corrected chi connectivity index (χ3v) is 10.3. The van der Waals surface area contributed by atoms with Gasteiger partial charge in [-0.1, -0.05) is 194 Å². The molecule has 5 nitrogen and oxygen atoms in total. The molecule has 0 saturated carbocycles. The van der Waals surface area contributed by atoms with Crippen LogP contribution in [0, 0.1) is 0 Å². The summed E-state index contributed by atoms with van der Waals surface area (Å²) >= 11 is 0. The molecule has 0 aromatic rings. The predicted molar refractivity (Wildman–Crippen MR) is 269 cm³/mol. The van der Waals surface area contributed by atoms with E-state index in [2.05, 4.69) is 130 Å². The summed E-state index contributed by atoms with van der Waals surface area (Å²) in [6.45, 7) is 7.49. The van der Waals surface area contributed by atoms with Crippen molar-refractivity contribution in [3.05, 3.63) is 109 Å². The maximum absolute atomic E-state index is 12.8. The SMILES string of the molecule is CC/C=C\C/C=C\C/C=C\C/C=C\C/C=C\CCCC(=O)OCC(COCCCCCCCC/C=C\CCCCCC)OC(=O)CCCCCCC/C=C\C/C=C\C/C=C\CC. The molecule has 0 amide bonds. The van der Waals surface area contributed by atoms with Crippen molar-refractivity contribution in [3.8, 4) is 0 Å². The maximum atomic E-state index is 12.8. The molecule has 0 bridgehead atoms. The molecule has 0 aromatic heterocycles. The van der Waals surface area contributed by atoms with Gasteiger partial charge in [-0.05, 0) is 116 Å². The van der Waals surface area contributed by atoms with Crippen LogP contribution >= 0.6 is 0 Å². The Morgan fingerprint density at radius 1 is 0.371 bits per heavy atom. The van der Waals surface area contributed by atoms with Gasteiger partial charge in [0.2, 0.25) is 0 Å². The van der Waals surface area contributed by atoms with Crippen LogP contribution in [-0.4, -0.2) is 37.9 Å². The number of esters is 2. The number of carbonyl (C=O) groups excluding carboxylic acids is 2. The Morgan fingerprint density at radius 3 is 1.23 bits per heavy atom. The van der Waals surface area contributed by atoms with Crippen molar-refractivity contribution >= 4 is 11.9 Å². The molecule has 0 fully saturated rings. The van der Waals surface area contributed by atoms with Crippen LogP contribution in [0.3, 0.4) is 0 Å². The van der Waals surface area contributed by atoms with E-state index < -0.39 is 6.10 Å². The Bertz CT molecular complexity index is 1250. The van der Waals surface area contributed by atoms with Crippen LogP contribution in [0.2, 0.25) is 0 Å². The van der Waals surface area contributed by atoms with Gasteiger partial charge in [-0.15, -0.1) is 0 Å². The van der Waals surface area contributed by atoms with Crippen LogP contribution in [0.15, 0.2) is 109 Å². The third kappa shape index (κ3) is 49.2. The second-order valence-corrected chi connectivity index (χ2v) is 16.3. The van der Waals surface area contributed by atoms with Crippen molar-refractivity contribution in [1.82, 2.24) is 0 Å². The molecule has 0 aliphatic rings. The lowest BCUT2D eigenvalue weighted by Crippen LogP contribution is -2.30. The summed E-state index contributed by atoms with van der Waals surface area (Å²) < 4.78 is 17.3. The highest BCUT2D eigenvalue weighted by molar-refractivity contribution is 5.70. The molecular weight excluding hydrogens is 765 g/mol. The molecule has 0 heterocycles. The number of rotatable bonds is 45. The van der Waals surface area contributed by atoms with E-state index in [0.717, 1.165) is 103 Å². The van der Waals surface area contributed by atoms with Crippen molar-refractivity contribution < 1.29 is 23.8 Å². The minimum atomic E-state index is -0.577. The molecule has 0 spiro atoms. The zero-order valence-corrected chi connectivity index (χ0v) is 40.3. The number of ether oxygens (including phenoxy) is 3. The first-order chi connectivity index (χ1) is 30.6. The molecule has 62 heavy (non-hydrogen) atoms.